The lowest BCUT2D eigenvalue weighted by Gasteiger charge is -2.53. The Morgan fingerprint density at radius 2 is 1.33 bits per heavy atom. The summed E-state index contributed by atoms with van der Waals surface area (Å²) in [5, 5.41) is 5.02. The Bertz CT molecular complexity index is 3440. The normalized spacial score (nSPS) is 20.2. The molecule has 7 aromatic carbocycles. The number of rotatable bonds is 2. The van der Waals surface area contributed by atoms with Gasteiger partial charge >= 0.3 is 6.85 Å². The van der Waals surface area contributed by atoms with Gasteiger partial charge in [0.15, 0.2) is 0 Å². The fraction of sp³-hybridized carbons (Fsp3) is 0.276. The predicted octanol–water partition coefficient (Wildman–Crippen LogP) is 15.2. The first-order valence-corrected chi connectivity index (χ1v) is 24.0. The molecule has 5 heterocycles. The summed E-state index contributed by atoms with van der Waals surface area (Å²) in [5.74, 6) is 0. The topological polar surface area (TPSA) is 19.6 Å². The van der Waals surface area contributed by atoms with Crippen LogP contribution < -0.4 is 20.6 Å². The van der Waals surface area contributed by atoms with E-state index in [9.17, 15) is 0 Å². The quantitative estimate of drug-likeness (QED) is 0.162. The van der Waals surface area contributed by atoms with Gasteiger partial charge in [-0.3, -0.25) is 0 Å². The lowest BCUT2D eigenvalue weighted by atomic mass is 9.42. The summed E-state index contributed by atoms with van der Waals surface area (Å²) in [6.07, 6.45) is 4.82. The molecule has 0 N–H and O–H groups in total. The van der Waals surface area contributed by atoms with Crippen molar-refractivity contribution in [3.05, 3.63) is 144 Å². The van der Waals surface area contributed by atoms with Gasteiger partial charge in [-0.05, 0) is 106 Å². The average Bonchev–Trinajstić information content (AvgIpc) is 3.91. The Balaban J connectivity index is 1.27. The third kappa shape index (κ3) is 4.87. The second kappa shape index (κ2) is 12.5. The zero-order chi connectivity index (χ0) is 42.9. The molecule has 1 fully saturated rings. The standard InChI is InChI=1S/C58H53BN2OS/c1-55(2,3)35-24-25-43(39(30-35)34-18-10-9-11-19-34)61-44-26-27-48-49(38-21-13-15-23-47(38)63-48)50(44)51-52-45(33-40-37-20-12-14-22-46(37)62-54(40)51)60-53-41(57(7)28-16-17-29-58(57,60)8)31-36(56(4,5)6)32-42(53)59(52)61/h9-15,18-27,30-33H,16-17,28-29H2,1-8H3. The van der Waals surface area contributed by atoms with Crippen molar-refractivity contribution in [1.29, 1.82) is 0 Å². The second-order valence-corrected chi connectivity index (χ2v) is 22.7. The number of para-hydroxylation sites is 1. The van der Waals surface area contributed by atoms with Gasteiger partial charge in [-0.15, -0.1) is 11.3 Å². The van der Waals surface area contributed by atoms with Crippen LogP contribution in [0.2, 0.25) is 0 Å². The highest BCUT2D eigenvalue weighted by Gasteiger charge is 2.62. The van der Waals surface area contributed by atoms with E-state index in [-0.39, 0.29) is 28.6 Å². The monoisotopic (exact) mass is 836 g/mol. The Kier molecular flexibility index (Phi) is 7.48. The molecule has 0 saturated heterocycles. The third-order valence-corrected chi connectivity index (χ3v) is 17.2. The molecule has 0 radical (unpaired) electrons. The van der Waals surface area contributed by atoms with Crippen LogP contribution in [0.1, 0.15) is 97.8 Å². The summed E-state index contributed by atoms with van der Waals surface area (Å²) in [6, 6.07) is 48.9. The summed E-state index contributed by atoms with van der Waals surface area (Å²) in [6.45, 7) is 19.3. The van der Waals surface area contributed by atoms with E-state index in [1.54, 1.807) is 0 Å². The lowest BCUT2D eigenvalue weighted by molar-refractivity contribution is 0.195. The maximum absolute atomic E-state index is 7.27. The summed E-state index contributed by atoms with van der Waals surface area (Å²) in [4.78, 5) is 5.66. The number of hydrogen-bond acceptors (Lipinski definition) is 4. The Labute approximate surface area is 375 Å². The van der Waals surface area contributed by atoms with Gasteiger partial charge < -0.3 is 14.1 Å². The number of furan rings is 1. The molecule has 4 aliphatic rings. The van der Waals surface area contributed by atoms with E-state index in [4.69, 9.17) is 4.42 Å². The largest absolute Gasteiger partial charge is 0.455 e. The van der Waals surface area contributed by atoms with E-state index in [0.29, 0.717) is 0 Å². The number of anilines is 4. The van der Waals surface area contributed by atoms with Crippen molar-refractivity contribution in [3.63, 3.8) is 0 Å². The minimum atomic E-state index is -0.120. The van der Waals surface area contributed by atoms with Gasteiger partial charge in [-0.2, -0.15) is 0 Å². The van der Waals surface area contributed by atoms with Gasteiger partial charge in [0.05, 0.1) is 5.54 Å². The first kappa shape index (κ1) is 37.8. The van der Waals surface area contributed by atoms with Crippen molar-refractivity contribution in [2.24, 2.45) is 0 Å². The van der Waals surface area contributed by atoms with E-state index in [1.165, 1.54) is 123 Å². The zero-order valence-corrected chi connectivity index (χ0v) is 38.6. The Morgan fingerprint density at radius 3 is 2.13 bits per heavy atom. The number of thiophene rings is 1. The van der Waals surface area contributed by atoms with E-state index >= 15 is 0 Å². The SMILES string of the molecule is CC(C)(C)c1ccc(N2B3c4cc(C(C)(C)C)cc5c4N(c4cc6c(oc7ccccc76)c(c43)-c3c2ccc2sc4ccccc4c32)C2(C)CCCCC52C)c(-c2ccccc2)c1. The fourth-order valence-electron chi connectivity index (χ4n) is 12.6. The van der Waals surface area contributed by atoms with Gasteiger partial charge in [-0.25, -0.2) is 0 Å². The van der Waals surface area contributed by atoms with E-state index in [0.717, 1.165) is 17.6 Å². The molecule has 1 saturated carbocycles. The third-order valence-electron chi connectivity index (χ3n) is 16.1. The molecule has 3 nitrogen and oxygen atoms in total. The van der Waals surface area contributed by atoms with E-state index in [2.05, 4.69) is 192 Å². The van der Waals surface area contributed by atoms with E-state index in [1.807, 2.05) is 11.3 Å². The molecule has 0 spiro atoms. The molecule has 0 bridgehead atoms. The van der Waals surface area contributed by atoms with Crippen LogP contribution in [0.3, 0.4) is 0 Å². The van der Waals surface area contributed by atoms with Crippen molar-refractivity contribution < 1.29 is 4.42 Å². The van der Waals surface area contributed by atoms with Gasteiger partial charge in [-0.1, -0.05) is 146 Å². The molecule has 9 aromatic rings. The maximum Gasteiger partial charge on any atom is 0.333 e. The van der Waals surface area contributed by atoms with Crippen molar-refractivity contribution in [2.45, 2.75) is 103 Å². The van der Waals surface area contributed by atoms with Crippen LogP contribution in [0.15, 0.2) is 132 Å². The highest BCUT2D eigenvalue weighted by molar-refractivity contribution is 7.26. The molecule has 2 aromatic heterocycles. The molecular formula is C58H53BN2OS. The molecule has 5 heteroatoms. The molecule has 13 rings (SSSR count). The van der Waals surface area contributed by atoms with Crippen LogP contribution in [-0.4, -0.2) is 12.4 Å². The molecule has 310 valence electrons. The second-order valence-electron chi connectivity index (χ2n) is 21.6. The highest BCUT2D eigenvalue weighted by Crippen LogP contribution is 2.64. The number of benzene rings is 7. The minimum Gasteiger partial charge on any atom is -0.455 e. The molecule has 2 atom stereocenters. The smallest absolute Gasteiger partial charge is 0.333 e. The summed E-state index contributed by atoms with van der Waals surface area (Å²) < 4.78 is 9.89. The van der Waals surface area contributed by atoms with Gasteiger partial charge in [0.2, 0.25) is 0 Å². The first-order chi connectivity index (χ1) is 30.3. The average molecular weight is 837 g/mol. The number of hydrogen-bond donors (Lipinski definition) is 0. The Morgan fingerprint density at radius 1 is 0.619 bits per heavy atom. The predicted molar refractivity (Wildman–Crippen MR) is 271 cm³/mol. The summed E-state index contributed by atoms with van der Waals surface area (Å²) in [5.41, 5.74) is 19.1. The zero-order valence-electron chi connectivity index (χ0n) is 37.7. The van der Waals surface area contributed by atoms with Crippen molar-refractivity contribution in [2.75, 3.05) is 9.71 Å². The van der Waals surface area contributed by atoms with Crippen LogP contribution in [0.5, 0.6) is 0 Å². The lowest BCUT2D eigenvalue weighted by Crippen LogP contribution is -2.64. The first-order valence-electron chi connectivity index (χ1n) is 23.2. The maximum atomic E-state index is 7.27. The fourth-order valence-corrected chi connectivity index (χ4v) is 13.7. The summed E-state index contributed by atoms with van der Waals surface area (Å²) >= 11 is 1.91. The number of nitrogens with zero attached hydrogens (tertiary/aromatic N) is 2. The molecule has 1 aliphatic carbocycles. The van der Waals surface area contributed by atoms with Crippen LogP contribution in [0.25, 0.3) is 64.4 Å². The molecular weight excluding hydrogens is 784 g/mol. The molecule has 2 unspecified atom stereocenters. The van der Waals surface area contributed by atoms with Crippen LogP contribution in [-0.2, 0) is 16.2 Å². The molecule has 63 heavy (non-hydrogen) atoms. The number of fused-ring (bicyclic) bond motifs is 15. The van der Waals surface area contributed by atoms with Crippen molar-refractivity contribution >= 4 is 94.0 Å². The van der Waals surface area contributed by atoms with Gasteiger partial charge in [0.25, 0.3) is 0 Å². The van der Waals surface area contributed by atoms with Crippen molar-refractivity contribution in [1.82, 2.24) is 0 Å². The van der Waals surface area contributed by atoms with Crippen molar-refractivity contribution in [3.8, 4) is 22.3 Å². The Hall–Kier alpha value is -5.78. The van der Waals surface area contributed by atoms with Gasteiger partial charge in [0, 0.05) is 75.8 Å². The molecule has 0 amide bonds. The molecule has 3 aliphatic heterocycles. The van der Waals surface area contributed by atoms with Crippen LogP contribution in [0, 0.1) is 0 Å². The van der Waals surface area contributed by atoms with Gasteiger partial charge in [0.1, 0.15) is 11.2 Å². The highest BCUT2D eigenvalue weighted by atomic mass is 32.1. The summed E-state index contributed by atoms with van der Waals surface area (Å²) in [7, 11) is 0. The minimum absolute atomic E-state index is 0.0231. The van der Waals surface area contributed by atoms with E-state index < -0.39 is 0 Å². The van der Waals surface area contributed by atoms with Crippen LogP contribution >= 0.6 is 11.3 Å². The van der Waals surface area contributed by atoms with Crippen LogP contribution in [0.4, 0.5) is 22.7 Å².